The van der Waals surface area contributed by atoms with Crippen LogP contribution in [0.15, 0.2) is 59.7 Å². The van der Waals surface area contributed by atoms with Crippen molar-refractivity contribution in [2.45, 2.75) is 0 Å². The van der Waals surface area contributed by atoms with Crippen molar-refractivity contribution in [3.63, 3.8) is 0 Å². The molecule has 0 bridgehead atoms. The van der Waals surface area contributed by atoms with Crippen LogP contribution in [0.5, 0.6) is 0 Å². The average molecular weight is 222 g/mol. The van der Waals surface area contributed by atoms with Gasteiger partial charge in [0.25, 0.3) is 0 Å². The summed E-state index contributed by atoms with van der Waals surface area (Å²) in [5.74, 6) is 0. The smallest absolute Gasteiger partial charge is 0.248 e. The molecule has 0 saturated carbocycles. The van der Waals surface area contributed by atoms with E-state index >= 15 is 0 Å². The second-order valence-corrected chi connectivity index (χ2v) is 3.87. The zero-order chi connectivity index (χ0) is 11.7. The Labute approximate surface area is 97.8 Å². The van der Waals surface area contributed by atoms with Gasteiger partial charge in [-0.25, -0.2) is 0 Å². The van der Waals surface area contributed by atoms with Gasteiger partial charge in [0.2, 0.25) is 5.56 Å². The van der Waals surface area contributed by atoms with Crippen molar-refractivity contribution >= 4 is 10.9 Å². The number of hydrogen-bond donors (Lipinski definition) is 1. The Morgan fingerprint density at radius 1 is 1.00 bits per heavy atom. The summed E-state index contributed by atoms with van der Waals surface area (Å²) in [6.07, 6.45) is 3.58. The second kappa shape index (κ2) is 3.87. The average Bonchev–Trinajstić information content (AvgIpc) is 2.39. The maximum absolute atomic E-state index is 11.2. The van der Waals surface area contributed by atoms with Crippen LogP contribution in [-0.4, -0.2) is 9.97 Å². The summed E-state index contributed by atoms with van der Waals surface area (Å²) in [5, 5.41) is 1.02. The van der Waals surface area contributed by atoms with E-state index in [9.17, 15) is 4.79 Å². The van der Waals surface area contributed by atoms with Crippen LogP contribution in [0.4, 0.5) is 0 Å². The van der Waals surface area contributed by atoms with E-state index in [2.05, 4.69) is 9.97 Å². The molecule has 0 aliphatic carbocycles. The Morgan fingerprint density at radius 2 is 1.94 bits per heavy atom. The minimum Gasteiger partial charge on any atom is -0.322 e. The minimum atomic E-state index is -0.0772. The molecule has 0 aliphatic rings. The monoisotopic (exact) mass is 222 g/mol. The van der Waals surface area contributed by atoms with Crippen LogP contribution in [0.1, 0.15) is 0 Å². The van der Waals surface area contributed by atoms with Crippen molar-refractivity contribution in [2.75, 3.05) is 0 Å². The topological polar surface area (TPSA) is 45.8 Å². The third-order valence-electron chi connectivity index (χ3n) is 2.72. The van der Waals surface area contributed by atoms with E-state index in [0.29, 0.717) is 0 Å². The second-order valence-electron chi connectivity index (χ2n) is 3.87. The Kier molecular flexibility index (Phi) is 2.22. The predicted molar refractivity (Wildman–Crippen MR) is 67.8 cm³/mol. The van der Waals surface area contributed by atoms with E-state index in [1.807, 2.05) is 42.6 Å². The third-order valence-corrected chi connectivity index (χ3v) is 2.72. The fourth-order valence-electron chi connectivity index (χ4n) is 1.87. The molecule has 3 rings (SSSR count). The number of nitrogens with one attached hydrogen (secondary N) is 1. The molecule has 17 heavy (non-hydrogen) atoms. The molecule has 0 atom stereocenters. The molecule has 0 amide bonds. The Bertz CT molecular complexity index is 717. The van der Waals surface area contributed by atoms with Crippen molar-refractivity contribution in [1.82, 2.24) is 9.97 Å². The maximum atomic E-state index is 11.2. The van der Waals surface area contributed by atoms with E-state index < -0.39 is 0 Å². The number of rotatable bonds is 1. The van der Waals surface area contributed by atoms with E-state index in [-0.39, 0.29) is 5.56 Å². The highest BCUT2D eigenvalue weighted by Gasteiger charge is 1.99. The molecule has 0 fully saturated rings. The van der Waals surface area contributed by atoms with E-state index in [4.69, 9.17) is 0 Å². The zero-order valence-corrected chi connectivity index (χ0v) is 9.05. The molecule has 1 aromatic carbocycles. The molecule has 2 aromatic heterocycles. The summed E-state index contributed by atoms with van der Waals surface area (Å²) in [7, 11) is 0. The highest BCUT2D eigenvalue weighted by Crippen LogP contribution is 2.21. The van der Waals surface area contributed by atoms with Gasteiger partial charge in [-0.2, -0.15) is 0 Å². The van der Waals surface area contributed by atoms with Gasteiger partial charge in [0.15, 0.2) is 0 Å². The van der Waals surface area contributed by atoms with Crippen molar-refractivity contribution in [3.05, 3.63) is 65.2 Å². The fraction of sp³-hybridized carbons (Fsp3) is 0. The molecule has 0 spiro atoms. The van der Waals surface area contributed by atoms with Crippen molar-refractivity contribution in [2.24, 2.45) is 0 Å². The Morgan fingerprint density at radius 3 is 2.76 bits per heavy atom. The number of pyridine rings is 2. The standard InChI is InChI=1S/C14H10N2O/c17-14-6-4-11-8-10(3-5-13(11)16-14)12-2-1-7-15-9-12/h1-9H,(H,16,17). The molecule has 0 aliphatic heterocycles. The van der Waals surface area contributed by atoms with Crippen molar-refractivity contribution in [3.8, 4) is 11.1 Å². The largest absolute Gasteiger partial charge is 0.322 e. The molecule has 1 N–H and O–H groups in total. The molecular weight excluding hydrogens is 212 g/mol. The van der Waals surface area contributed by atoms with Crippen molar-refractivity contribution < 1.29 is 0 Å². The van der Waals surface area contributed by atoms with Crippen molar-refractivity contribution in [1.29, 1.82) is 0 Å². The Balaban J connectivity index is 2.21. The summed E-state index contributed by atoms with van der Waals surface area (Å²) < 4.78 is 0. The van der Waals surface area contributed by atoms with Crippen LogP contribution in [0, 0.1) is 0 Å². The number of H-pyrrole nitrogens is 1. The van der Waals surface area contributed by atoms with Gasteiger partial charge >= 0.3 is 0 Å². The first-order valence-electron chi connectivity index (χ1n) is 5.36. The highest BCUT2D eigenvalue weighted by molar-refractivity contribution is 5.84. The first-order valence-corrected chi connectivity index (χ1v) is 5.36. The SMILES string of the molecule is O=c1ccc2cc(-c3cccnc3)ccc2[nH]1. The van der Waals surface area contributed by atoms with Gasteiger partial charge in [0.1, 0.15) is 0 Å². The number of aromatic amines is 1. The van der Waals surface area contributed by atoms with Crippen LogP contribution in [-0.2, 0) is 0 Å². The van der Waals surface area contributed by atoms with Gasteiger partial charge in [-0.1, -0.05) is 12.1 Å². The van der Waals surface area contributed by atoms with Gasteiger partial charge in [-0.15, -0.1) is 0 Å². The van der Waals surface area contributed by atoms with Gasteiger partial charge in [0.05, 0.1) is 0 Å². The summed E-state index contributed by atoms with van der Waals surface area (Å²) in [4.78, 5) is 18.1. The predicted octanol–water partition coefficient (Wildman–Crippen LogP) is 2.59. The van der Waals surface area contributed by atoms with Gasteiger partial charge < -0.3 is 4.98 Å². The lowest BCUT2D eigenvalue weighted by Crippen LogP contribution is -2.01. The fourth-order valence-corrected chi connectivity index (χ4v) is 1.87. The van der Waals surface area contributed by atoms with Crippen LogP contribution < -0.4 is 5.56 Å². The molecule has 3 heteroatoms. The lowest BCUT2D eigenvalue weighted by Gasteiger charge is -2.03. The van der Waals surface area contributed by atoms with Crippen LogP contribution in [0.25, 0.3) is 22.0 Å². The number of benzene rings is 1. The summed E-state index contributed by atoms with van der Waals surface area (Å²) >= 11 is 0. The summed E-state index contributed by atoms with van der Waals surface area (Å²) in [6, 6.07) is 13.2. The minimum absolute atomic E-state index is 0.0772. The number of hydrogen-bond acceptors (Lipinski definition) is 2. The lowest BCUT2D eigenvalue weighted by atomic mass is 10.1. The molecule has 0 saturated heterocycles. The molecule has 82 valence electrons. The molecule has 3 nitrogen and oxygen atoms in total. The van der Waals surface area contributed by atoms with Crippen LogP contribution >= 0.6 is 0 Å². The molecule has 0 radical (unpaired) electrons. The number of nitrogens with zero attached hydrogens (tertiary/aromatic N) is 1. The Hall–Kier alpha value is -2.42. The normalized spacial score (nSPS) is 10.6. The first-order chi connectivity index (χ1) is 8.33. The van der Waals surface area contributed by atoms with Gasteiger partial charge in [-0.05, 0) is 35.2 Å². The molecule has 3 aromatic rings. The van der Waals surface area contributed by atoms with E-state index in [1.165, 1.54) is 6.07 Å². The first kappa shape index (κ1) is 9.78. The summed E-state index contributed by atoms with van der Waals surface area (Å²) in [5.41, 5.74) is 2.94. The van der Waals surface area contributed by atoms with Gasteiger partial charge in [-0.3, -0.25) is 9.78 Å². The quantitative estimate of drug-likeness (QED) is 0.687. The molecular formula is C14H10N2O. The number of fused-ring (bicyclic) bond motifs is 1. The van der Waals surface area contributed by atoms with Crippen LogP contribution in [0.2, 0.25) is 0 Å². The third kappa shape index (κ3) is 1.83. The molecule has 2 heterocycles. The lowest BCUT2D eigenvalue weighted by molar-refractivity contribution is 1.30. The van der Waals surface area contributed by atoms with Gasteiger partial charge in [0, 0.05) is 29.5 Å². The number of aromatic nitrogens is 2. The van der Waals surface area contributed by atoms with E-state index in [1.54, 1.807) is 6.20 Å². The van der Waals surface area contributed by atoms with E-state index in [0.717, 1.165) is 22.0 Å². The highest BCUT2D eigenvalue weighted by atomic mass is 16.1. The molecule has 0 unspecified atom stereocenters. The zero-order valence-electron chi connectivity index (χ0n) is 9.05. The maximum Gasteiger partial charge on any atom is 0.248 e. The summed E-state index contributed by atoms with van der Waals surface area (Å²) in [6.45, 7) is 0. The van der Waals surface area contributed by atoms with Crippen LogP contribution in [0.3, 0.4) is 0 Å².